The fraction of sp³-hybridized carbons (Fsp3) is 0.533. The summed E-state index contributed by atoms with van der Waals surface area (Å²) in [7, 11) is 0. The van der Waals surface area contributed by atoms with Crippen LogP contribution in [0.2, 0.25) is 0 Å². The highest BCUT2D eigenvalue weighted by Crippen LogP contribution is 2.50. The predicted octanol–water partition coefficient (Wildman–Crippen LogP) is 4.74. The van der Waals surface area contributed by atoms with E-state index in [9.17, 15) is 0 Å². The topological polar surface area (TPSA) is 22.3 Å². The molecule has 3 heteroatoms. The van der Waals surface area contributed by atoms with E-state index >= 15 is 0 Å². The number of nitrogens with zero attached hydrogens (tertiary/aromatic N) is 2. The monoisotopic (exact) mass is 441 g/mol. The molecule has 2 aromatic rings. The van der Waals surface area contributed by atoms with E-state index in [4.69, 9.17) is 0 Å². The molecule has 4 aliphatic rings. The Morgan fingerprint density at radius 3 is 2.52 bits per heavy atom. The molecule has 0 atom stereocenters. The van der Waals surface area contributed by atoms with Crippen LogP contribution >= 0.6 is 0 Å². The van der Waals surface area contributed by atoms with Crippen LogP contribution in [-0.2, 0) is 18.3 Å². The van der Waals surface area contributed by atoms with Gasteiger partial charge in [-0.25, -0.2) is 0 Å². The zero-order chi connectivity index (χ0) is 22.6. The van der Waals surface area contributed by atoms with Crippen molar-refractivity contribution in [3.63, 3.8) is 0 Å². The number of benzene rings is 1. The van der Waals surface area contributed by atoms with Gasteiger partial charge in [-0.1, -0.05) is 51.0 Å². The van der Waals surface area contributed by atoms with Gasteiger partial charge < -0.3 is 14.8 Å². The van der Waals surface area contributed by atoms with Gasteiger partial charge in [0.1, 0.15) is 0 Å². The number of rotatable bonds is 3. The third-order valence-corrected chi connectivity index (χ3v) is 8.95. The molecule has 1 spiro atoms. The number of nitrogens with one attached hydrogen (secondary N) is 1. The number of anilines is 1. The van der Waals surface area contributed by atoms with Crippen molar-refractivity contribution in [2.75, 3.05) is 31.1 Å². The lowest BCUT2D eigenvalue weighted by molar-refractivity contribution is 0.322. The Hall–Kier alpha value is -2.42. The molecule has 2 heterocycles. The lowest BCUT2D eigenvalue weighted by Crippen LogP contribution is -2.46. The molecule has 1 N–H and O–H groups in total. The minimum absolute atomic E-state index is 0.181. The molecule has 3 nitrogen and oxygen atoms in total. The normalized spacial score (nSPS) is 21.0. The third-order valence-electron chi connectivity index (χ3n) is 8.95. The number of piperazine rings is 1. The predicted molar refractivity (Wildman–Crippen MR) is 139 cm³/mol. The molecule has 0 unspecified atom stereocenters. The van der Waals surface area contributed by atoms with Gasteiger partial charge in [0.25, 0.3) is 0 Å². The first kappa shape index (κ1) is 21.1. The number of aromatic nitrogens is 1. The van der Waals surface area contributed by atoms with E-state index in [-0.39, 0.29) is 5.41 Å². The van der Waals surface area contributed by atoms with Crippen molar-refractivity contribution in [1.82, 2.24) is 9.88 Å². The van der Waals surface area contributed by atoms with Crippen molar-refractivity contribution < 1.29 is 0 Å². The number of hydrogen-bond donors (Lipinski definition) is 1. The molecule has 1 aliphatic heterocycles. The molecule has 1 saturated carbocycles. The number of fused-ring (bicyclic) bond motifs is 6. The van der Waals surface area contributed by atoms with E-state index in [0.717, 1.165) is 39.0 Å². The molecular formula is C30H39N3. The van der Waals surface area contributed by atoms with Crippen molar-refractivity contribution in [3.05, 3.63) is 62.9 Å². The second kappa shape index (κ2) is 8.11. The maximum absolute atomic E-state index is 4.17. The van der Waals surface area contributed by atoms with Crippen LogP contribution in [0, 0.1) is 0 Å². The lowest BCUT2D eigenvalue weighted by Gasteiger charge is -2.44. The molecule has 174 valence electrons. The molecule has 1 aromatic carbocycles. The van der Waals surface area contributed by atoms with E-state index in [1.54, 1.807) is 22.4 Å². The summed E-state index contributed by atoms with van der Waals surface area (Å²) in [6.45, 7) is 13.0. The number of H-pyrrole nitrogens is 1. The maximum atomic E-state index is 4.17. The third kappa shape index (κ3) is 3.30. The number of allylic oxidation sites excluding steroid dienone is 1. The summed E-state index contributed by atoms with van der Waals surface area (Å²) in [4.78, 5) is 9.08. The summed E-state index contributed by atoms with van der Waals surface area (Å²) < 4.78 is 0. The van der Waals surface area contributed by atoms with Gasteiger partial charge in [0.15, 0.2) is 0 Å². The van der Waals surface area contributed by atoms with E-state index in [1.165, 1.54) is 72.5 Å². The molecule has 0 radical (unpaired) electrons. The van der Waals surface area contributed by atoms with Crippen molar-refractivity contribution >= 4 is 17.8 Å². The molecule has 6 rings (SSSR count). The van der Waals surface area contributed by atoms with Gasteiger partial charge in [-0.3, -0.25) is 0 Å². The molecule has 2 fully saturated rings. The zero-order valence-corrected chi connectivity index (χ0v) is 20.6. The van der Waals surface area contributed by atoms with Gasteiger partial charge in [0, 0.05) is 60.4 Å². The van der Waals surface area contributed by atoms with Crippen LogP contribution in [0.1, 0.15) is 86.7 Å². The van der Waals surface area contributed by atoms with E-state index in [2.05, 4.69) is 59.5 Å². The zero-order valence-electron chi connectivity index (χ0n) is 20.6. The molecular weight excluding hydrogens is 402 g/mol. The second-order valence-electron chi connectivity index (χ2n) is 10.8. The average Bonchev–Trinajstić information content (AvgIpc) is 3.23. The van der Waals surface area contributed by atoms with Crippen LogP contribution < -0.4 is 15.5 Å². The number of aromatic amines is 1. The smallest absolute Gasteiger partial charge is 0.0415 e. The number of hydrogen-bond acceptors (Lipinski definition) is 2. The lowest BCUT2D eigenvalue weighted by atomic mass is 9.62. The molecule has 3 aliphatic carbocycles. The standard InChI is InChI=1S/C30H39N3/c1-4-22-18-23-19-25-24-10-6-7-11-27(24)31-29(25)30(12-8-5-9-13-30)26(23)20-28(22)33-16-14-32(15-17-33)21(2)3/h10-11,18,20,31H,2,4-9,12-17,19H2,1,3H3. The van der Waals surface area contributed by atoms with Crippen molar-refractivity contribution in [1.29, 1.82) is 0 Å². The Morgan fingerprint density at radius 2 is 1.79 bits per heavy atom. The Kier molecular flexibility index (Phi) is 5.19. The fourth-order valence-corrected chi connectivity index (χ4v) is 7.20. The Bertz CT molecular complexity index is 1200. The minimum atomic E-state index is 0.181. The van der Waals surface area contributed by atoms with Gasteiger partial charge in [-0.2, -0.15) is 0 Å². The fourth-order valence-electron chi connectivity index (χ4n) is 7.20. The Labute approximate surface area is 198 Å². The van der Waals surface area contributed by atoms with Crippen LogP contribution in [0.4, 0.5) is 5.69 Å². The molecule has 33 heavy (non-hydrogen) atoms. The summed E-state index contributed by atoms with van der Waals surface area (Å²) >= 11 is 0. The summed E-state index contributed by atoms with van der Waals surface area (Å²) in [5, 5.41) is 2.92. The molecule has 1 saturated heterocycles. The molecule has 0 bridgehead atoms. The van der Waals surface area contributed by atoms with Crippen molar-refractivity contribution in [2.45, 2.75) is 77.0 Å². The first-order valence-electron chi connectivity index (χ1n) is 13.3. The van der Waals surface area contributed by atoms with Crippen LogP contribution in [0.15, 0.2) is 24.4 Å². The van der Waals surface area contributed by atoms with Crippen LogP contribution in [-0.4, -0.2) is 36.1 Å². The highest BCUT2D eigenvalue weighted by Gasteiger charge is 2.43. The quantitative estimate of drug-likeness (QED) is 0.743. The maximum Gasteiger partial charge on any atom is 0.0415 e. The van der Waals surface area contributed by atoms with Crippen molar-refractivity contribution in [2.24, 2.45) is 0 Å². The van der Waals surface area contributed by atoms with E-state index < -0.39 is 0 Å². The van der Waals surface area contributed by atoms with E-state index in [0.29, 0.717) is 0 Å². The first-order valence-corrected chi connectivity index (χ1v) is 13.3. The van der Waals surface area contributed by atoms with Gasteiger partial charge in [0.05, 0.1) is 0 Å². The van der Waals surface area contributed by atoms with Gasteiger partial charge in [-0.15, -0.1) is 0 Å². The number of aryl methyl sites for hydroxylation is 1. The molecule has 0 amide bonds. The minimum Gasteiger partial charge on any atom is -0.372 e. The van der Waals surface area contributed by atoms with Crippen molar-refractivity contribution in [3.8, 4) is 0 Å². The first-order chi connectivity index (χ1) is 16.1. The summed E-state index contributed by atoms with van der Waals surface area (Å²) in [5.74, 6) is 0. The highest BCUT2D eigenvalue weighted by atomic mass is 15.3. The van der Waals surface area contributed by atoms with Gasteiger partial charge in [0.2, 0.25) is 0 Å². The Balaban J connectivity index is 1.48. The second-order valence-corrected chi connectivity index (χ2v) is 10.8. The highest BCUT2D eigenvalue weighted by molar-refractivity contribution is 5.64. The average molecular weight is 442 g/mol. The van der Waals surface area contributed by atoms with Crippen LogP contribution in [0.25, 0.3) is 12.2 Å². The SMILES string of the molecule is C=C(C)N1CCN(c2cc3c(cc2CC)Cc2c([nH]c4c2=CCCC=4)C32CCCCC2)CC1. The van der Waals surface area contributed by atoms with Crippen LogP contribution in [0.3, 0.4) is 0 Å². The summed E-state index contributed by atoms with van der Waals surface area (Å²) in [5.41, 5.74) is 10.8. The summed E-state index contributed by atoms with van der Waals surface area (Å²) in [6.07, 6.45) is 16.2. The largest absolute Gasteiger partial charge is 0.372 e. The Morgan fingerprint density at radius 1 is 1.03 bits per heavy atom. The van der Waals surface area contributed by atoms with Gasteiger partial charge in [-0.05, 0) is 72.6 Å². The molecule has 1 aromatic heterocycles. The van der Waals surface area contributed by atoms with E-state index in [1.807, 2.05) is 0 Å². The van der Waals surface area contributed by atoms with Gasteiger partial charge >= 0.3 is 0 Å². The van der Waals surface area contributed by atoms with Crippen LogP contribution in [0.5, 0.6) is 0 Å². The summed E-state index contributed by atoms with van der Waals surface area (Å²) in [6, 6.07) is 5.24.